The number of aliphatic hydroxyl groups excluding tert-OH is 1. The van der Waals surface area contributed by atoms with Crippen LogP contribution in [0.2, 0.25) is 0 Å². The van der Waals surface area contributed by atoms with Crippen LogP contribution in [0.4, 0.5) is 5.95 Å². The van der Waals surface area contributed by atoms with Crippen LogP contribution in [-0.4, -0.2) is 44.9 Å². The Balaban J connectivity index is 1.90. The molecule has 2 heterocycles. The minimum atomic E-state index is -0.206. The summed E-state index contributed by atoms with van der Waals surface area (Å²) in [6.45, 7) is 3.65. The van der Waals surface area contributed by atoms with Crippen molar-refractivity contribution >= 4 is 5.95 Å². The Labute approximate surface area is 82.3 Å². The van der Waals surface area contributed by atoms with Crippen molar-refractivity contribution in [1.82, 2.24) is 20.6 Å². The normalized spacial score (nSPS) is 21.1. The number of aliphatic hydroxyl groups is 1. The number of rotatable bonds is 2. The highest BCUT2D eigenvalue weighted by Crippen LogP contribution is 2.22. The van der Waals surface area contributed by atoms with Crippen LogP contribution in [0.15, 0.2) is 0 Å². The molecule has 0 spiro atoms. The highest BCUT2D eigenvalue weighted by molar-refractivity contribution is 5.26. The molecule has 1 atom stereocenters. The Hall–Kier alpha value is -1.17. The summed E-state index contributed by atoms with van der Waals surface area (Å²) < 4.78 is 0. The van der Waals surface area contributed by atoms with Crippen molar-refractivity contribution in [2.75, 3.05) is 18.0 Å². The maximum Gasteiger partial charge on any atom is 0.265 e. The average Bonchev–Trinajstić information content (AvgIpc) is 2.71. The molecule has 1 fully saturated rings. The zero-order chi connectivity index (χ0) is 9.97. The van der Waals surface area contributed by atoms with Gasteiger partial charge in [-0.05, 0) is 30.9 Å². The maximum absolute atomic E-state index is 9.43. The van der Waals surface area contributed by atoms with Crippen LogP contribution < -0.4 is 4.90 Å². The molecule has 6 nitrogen and oxygen atoms in total. The quantitative estimate of drug-likeness (QED) is 0.686. The van der Waals surface area contributed by atoms with Gasteiger partial charge in [0.25, 0.3) is 5.95 Å². The number of hydrogen-bond acceptors (Lipinski definition) is 5. The van der Waals surface area contributed by atoms with Crippen molar-refractivity contribution in [1.29, 1.82) is 0 Å². The van der Waals surface area contributed by atoms with Gasteiger partial charge in [0.05, 0.1) is 6.10 Å². The second kappa shape index (κ2) is 3.91. The minimum Gasteiger partial charge on any atom is -0.393 e. The van der Waals surface area contributed by atoms with E-state index in [1.807, 2.05) is 6.92 Å². The lowest BCUT2D eigenvalue weighted by Gasteiger charge is -2.32. The van der Waals surface area contributed by atoms with Crippen LogP contribution in [0.3, 0.4) is 0 Å². The van der Waals surface area contributed by atoms with E-state index in [0.29, 0.717) is 11.9 Å². The molecule has 0 saturated carbocycles. The van der Waals surface area contributed by atoms with Crippen molar-refractivity contribution in [3.05, 3.63) is 0 Å². The molecule has 78 valence electrons. The van der Waals surface area contributed by atoms with Gasteiger partial charge in [0.2, 0.25) is 0 Å². The fourth-order valence-corrected chi connectivity index (χ4v) is 1.87. The fraction of sp³-hybridized carbons (Fsp3) is 0.875. The molecule has 0 bridgehead atoms. The zero-order valence-corrected chi connectivity index (χ0v) is 8.22. The number of nitrogens with zero attached hydrogens (tertiary/aromatic N) is 4. The van der Waals surface area contributed by atoms with Gasteiger partial charge in [-0.15, -0.1) is 5.10 Å². The molecular formula is C8H15N5O. The Morgan fingerprint density at radius 1 is 1.50 bits per heavy atom. The largest absolute Gasteiger partial charge is 0.393 e. The van der Waals surface area contributed by atoms with Crippen LogP contribution in [0.25, 0.3) is 0 Å². The summed E-state index contributed by atoms with van der Waals surface area (Å²) in [6, 6.07) is 0. The minimum absolute atomic E-state index is 0.206. The molecule has 0 amide bonds. The van der Waals surface area contributed by atoms with Gasteiger partial charge in [0.1, 0.15) is 0 Å². The standard InChI is InChI=1S/C8H15N5O/c1-6(14)7-2-4-13(5-3-7)8-9-11-12-10-8/h6-7,14H,2-5H2,1H3,(H,9,10,11,12). The lowest BCUT2D eigenvalue weighted by atomic mass is 9.92. The molecule has 0 radical (unpaired) electrons. The molecule has 0 aliphatic carbocycles. The summed E-state index contributed by atoms with van der Waals surface area (Å²) in [5.74, 6) is 1.08. The van der Waals surface area contributed by atoms with E-state index in [1.165, 1.54) is 0 Å². The highest BCUT2D eigenvalue weighted by atomic mass is 16.3. The van der Waals surface area contributed by atoms with E-state index in [4.69, 9.17) is 0 Å². The topological polar surface area (TPSA) is 77.9 Å². The van der Waals surface area contributed by atoms with Crippen LogP contribution in [0.1, 0.15) is 19.8 Å². The summed E-state index contributed by atoms with van der Waals surface area (Å²) in [5, 5.41) is 23.2. The third kappa shape index (κ3) is 1.84. The smallest absolute Gasteiger partial charge is 0.265 e. The third-order valence-corrected chi connectivity index (χ3v) is 2.84. The molecular weight excluding hydrogens is 182 g/mol. The Morgan fingerprint density at radius 3 is 2.71 bits per heavy atom. The highest BCUT2D eigenvalue weighted by Gasteiger charge is 2.24. The molecule has 1 saturated heterocycles. The summed E-state index contributed by atoms with van der Waals surface area (Å²) in [4.78, 5) is 2.09. The van der Waals surface area contributed by atoms with Crippen molar-refractivity contribution < 1.29 is 5.11 Å². The van der Waals surface area contributed by atoms with E-state index >= 15 is 0 Å². The number of aromatic nitrogens is 4. The zero-order valence-electron chi connectivity index (χ0n) is 8.22. The van der Waals surface area contributed by atoms with E-state index in [2.05, 4.69) is 25.5 Å². The average molecular weight is 197 g/mol. The predicted molar refractivity (Wildman–Crippen MR) is 50.8 cm³/mol. The molecule has 1 unspecified atom stereocenters. The molecule has 1 aliphatic rings. The first-order valence-corrected chi connectivity index (χ1v) is 4.94. The van der Waals surface area contributed by atoms with E-state index in [-0.39, 0.29) is 6.10 Å². The first kappa shape index (κ1) is 9.39. The number of aromatic amines is 1. The lowest BCUT2D eigenvalue weighted by molar-refractivity contribution is 0.109. The molecule has 1 aromatic heterocycles. The second-order valence-electron chi connectivity index (χ2n) is 3.78. The van der Waals surface area contributed by atoms with Crippen LogP contribution in [-0.2, 0) is 0 Å². The monoisotopic (exact) mass is 197 g/mol. The summed E-state index contributed by atoms with van der Waals surface area (Å²) in [5.41, 5.74) is 0. The lowest BCUT2D eigenvalue weighted by Crippen LogP contribution is -2.37. The van der Waals surface area contributed by atoms with Gasteiger partial charge in [0, 0.05) is 13.1 Å². The molecule has 1 aromatic rings. The van der Waals surface area contributed by atoms with Gasteiger partial charge in [-0.2, -0.15) is 5.21 Å². The SMILES string of the molecule is CC(O)C1CCN(c2nn[nH]n2)CC1. The van der Waals surface area contributed by atoms with E-state index in [1.54, 1.807) is 0 Å². The second-order valence-corrected chi connectivity index (χ2v) is 3.78. The fourth-order valence-electron chi connectivity index (χ4n) is 1.87. The summed E-state index contributed by atoms with van der Waals surface area (Å²) >= 11 is 0. The van der Waals surface area contributed by atoms with Gasteiger partial charge in [0.15, 0.2) is 0 Å². The molecule has 0 aromatic carbocycles. The molecule has 6 heteroatoms. The Kier molecular flexibility index (Phi) is 2.62. The Bertz CT molecular complexity index is 265. The summed E-state index contributed by atoms with van der Waals surface area (Å²) in [7, 11) is 0. The van der Waals surface area contributed by atoms with Crippen molar-refractivity contribution in [2.24, 2.45) is 5.92 Å². The van der Waals surface area contributed by atoms with Crippen LogP contribution in [0.5, 0.6) is 0 Å². The first-order valence-electron chi connectivity index (χ1n) is 4.94. The molecule has 1 aliphatic heterocycles. The molecule has 2 N–H and O–H groups in total. The van der Waals surface area contributed by atoms with Gasteiger partial charge < -0.3 is 10.0 Å². The van der Waals surface area contributed by atoms with Crippen molar-refractivity contribution in [3.63, 3.8) is 0 Å². The number of H-pyrrole nitrogens is 1. The van der Waals surface area contributed by atoms with Crippen molar-refractivity contribution in [3.8, 4) is 0 Å². The first-order chi connectivity index (χ1) is 6.77. The maximum atomic E-state index is 9.43. The summed E-state index contributed by atoms with van der Waals surface area (Å²) in [6.07, 6.45) is 1.78. The predicted octanol–water partition coefficient (Wildman–Crippen LogP) is -0.203. The van der Waals surface area contributed by atoms with E-state index in [0.717, 1.165) is 25.9 Å². The number of tetrazole rings is 1. The van der Waals surface area contributed by atoms with Gasteiger partial charge in [-0.1, -0.05) is 5.10 Å². The van der Waals surface area contributed by atoms with Gasteiger partial charge in [-0.25, -0.2) is 0 Å². The van der Waals surface area contributed by atoms with Crippen LogP contribution in [0, 0.1) is 5.92 Å². The molecule has 14 heavy (non-hydrogen) atoms. The number of anilines is 1. The number of hydrogen-bond donors (Lipinski definition) is 2. The van der Waals surface area contributed by atoms with E-state index in [9.17, 15) is 5.11 Å². The number of nitrogens with one attached hydrogen (secondary N) is 1. The van der Waals surface area contributed by atoms with Crippen molar-refractivity contribution in [2.45, 2.75) is 25.9 Å². The molecule has 2 rings (SSSR count). The number of piperidine rings is 1. The van der Waals surface area contributed by atoms with Crippen LogP contribution >= 0.6 is 0 Å². The Morgan fingerprint density at radius 2 is 2.21 bits per heavy atom. The third-order valence-electron chi connectivity index (χ3n) is 2.84. The van der Waals surface area contributed by atoms with Gasteiger partial charge >= 0.3 is 0 Å². The van der Waals surface area contributed by atoms with Gasteiger partial charge in [-0.3, -0.25) is 0 Å². The van der Waals surface area contributed by atoms with E-state index < -0.39 is 0 Å².